The van der Waals surface area contributed by atoms with Crippen LogP contribution in [0, 0.1) is 0 Å². The normalized spacial score (nSPS) is 29.2. The lowest BCUT2D eigenvalue weighted by atomic mass is 9.97. The molecule has 16 heavy (non-hydrogen) atoms. The minimum Gasteiger partial charge on any atom is -0.315 e. The quantitative estimate of drug-likeness (QED) is 0.749. The molecule has 1 rings (SSSR count). The highest BCUT2D eigenvalue weighted by Gasteiger charge is 2.23. The summed E-state index contributed by atoms with van der Waals surface area (Å²) in [7, 11) is 0. The zero-order valence-electron chi connectivity index (χ0n) is 11.6. The molecule has 1 saturated heterocycles. The fraction of sp³-hybridized carbons (Fsp3) is 1.00. The van der Waals surface area contributed by atoms with Crippen LogP contribution in [0.3, 0.4) is 0 Å². The number of piperidine rings is 1. The van der Waals surface area contributed by atoms with Gasteiger partial charge in [-0.15, -0.1) is 0 Å². The second kappa shape index (κ2) is 7.29. The minimum atomic E-state index is 0.681. The zero-order chi connectivity index (χ0) is 12.0. The summed E-state index contributed by atoms with van der Waals surface area (Å²) in [5.74, 6) is 0. The van der Waals surface area contributed by atoms with E-state index in [1.165, 1.54) is 38.6 Å². The molecule has 1 aliphatic rings. The van der Waals surface area contributed by atoms with Gasteiger partial charge in [-0.25, -0.2) is 0 Å². The Kier molecular flexibility index (Phi) is 6.37. The maximum atomic E-state index is 3.49. The largest absolute Gasteiger partial charge is 0.315 e. The van der Waals surface area contributed by atoms with Crippen molar-refractivity contribution >= 4 is 0 Å². The Labute approximate surface area is 102 Å². The third-order valence-corrected chi connectivity index (χ3v) is 3.98. The van der Waals surface area contributed by atoms with Gasteiger partial charge in [-0.2, -0.15) is 0 Å². The molecule has 1 aliphatic heterocycles. The summed E-state index contributed by atoms with van der Waals surface area (Å²) in [5, 5.41) is 3.49. The number of nitrogens with zero attached hydrogens (tertiary/aromatic N) is 1. The molecule has 2 heteroatoms. The van der Waals surface area contributed by atoms with E-state index in [1.807, 2.05) is 0 Å². The van der Waals surface area contributed by atoms with Crippen LogP contribution in [0.5, 0.6) is 0 Å². The second-order valence-electron chi connectivity index (χ2n) is 5.47. The van der Waals surface area contributed by atoms with Crippen molar-refractivity contribution in [3.05, 3.63) is 0 Å². The third kappa shape index (κ3) is 4.42. The van der Waals surface area contributed by atoms with Gasteiger partial charge < -0.3 is 5.32 Å². The standard InChI is InChI=1S/C14H30N2/c1-5-15-12(2)8-7-11-16-13(3)9-6-10-14(16)4/h12-15H,5-11H2,1-4H3. The van der Waals surface area contributed by atoms with Crippen LogP contribution in [-0.4, -0.2) is 36.1 Å². The van der Waals surface area contributed by atoms with Crippen LogP contribution in [-0.2, 0) is 0 Å². The number of nitrogens with one attached hydrogen (secondary N) is 1. The van der Waals surface area contributed by atoms with Crippen molar-refractivity contribution in [3.8, 4) is 0 Å². The molecule has 96 valence electrons. The molecule has 0 saturated carbocycles. The van der Waals surface area contributed by atoms with E-state index in [4.69, 9.17) is 0 Å². The van der Waals surface area contributed by atoms with E-state index in [0.717, 1.165) is 18.6 Å². The van der Waals surface area contributed by atoms with E-state index in [0.29, 0.717) is 6.04 Å². The summed E-state index contributed by atoms with van der Waals surface area (Å²) in [6.45, 7) is 11.7. The van der Waals surface area contributed by atoms with Gasteiger partial charge in [0.05, 0.1) is 0 Å². The minimum absolute atomic E-state index is 0.681. The van der Waals surface area contributed by atoms with Gasteiger partial charge in [-0.05, 0) is 59.5 Å². The molecular weight excluding hydrogens is 196 g/mol. The molecule has 0 bridgehead atoms. The topological polar surface area (TPSA) is 15.3 Å². The average molecular weight is 226 g/mol. The fourth-order valence-electron chi connectivity index (χ4n) is 2.95. The molecule has 2 nitrogen and oxygen atoms in total. The second-order valence-corrected chi connectivity index (χ2v) is 5.47. The number of hydrogen-bond donors (Lipinski definition) is 1. The Morgan fingerprint density at radius 3 is 2.44 bits per heavy atom. The Hall–Kier alpha value is -0.0800. The van der Waals surface area contributed by atoms with Crippen molar-refractivity contribution < 1.29 is 0 Å². The van der Waals surface area contributed by atoms with Gasteiger partial charge in [0.1, 0.15) is 0 Å². The third-order valence-electron chi connectivity index (χ3n) is 3.98. The average Bonchev–Trinajstić information content (AvgIpc) is 2.23. The summed E-state index contributed by atoms with van der Waals surface area (Å²) >= 11 is 0. The first-order valence-corrected chi connectivity index (χ1v) is 7.14. The van der Waals surface area contributed by atoms with Gasteiger partial charge >= 0.3 is 0 Å². The fourth-order valence-corrected chi connectivity index (χ4v) is 2.95. The lowest BCUT2D eigenvalue weighted by Crippen LogP contribution is -2.44. The SMILES string of the molecule is CCNC(C)CCCN1C(C)CCCC1C. The van der Waals surface area contributed by atoms with Gasteiger partial charge in [0, 0.05) is 18.1 Å². The highest BCUT2D eigenvalue weighted by atomic mass is 15.2. The van der Waals surface area contributed by atoms with Gasteiger partial charge in [0.25, 0.3) is 0 Å². The van der Waals surface area contributed by atoms with E-state index in [1.54, 1.807) is 0 Å². The molecule has 1 heterocycles. The maximum Gasteiger partial charge on any atom is 0.00697 e. The Balaban J connectivity index is 2.19. The maximum absolute atomic E-state index is 3.49. The zero-order valence-corrected chi connectivity index (χ0v) is 11.6. The van der Waals surface area contributed by atoms with Crippen molar-refractivity contribution in [1.82, 2.24) is 10.2 Å². The summed E-state index contributed by atoms with van der Waals surface area (Å²) in [5.41, 5.74) is 0. The molecular formula is C14H30N2. The summed E-state index contributed by atoms with van der Waals surface area (Å²) in [6.07, 6.45) is 6.86. The van der Waals surface area contributed by atoms with Crippen LogP contribution in [0.1, 0.15) is 59.8 Å². The van der Waals surface area contributed by atoms with Crippen LogP contribution >= 0.6 is 0 Å². The van der Waals surface area contributed by atoms with Crippen LogP contribution < -0.4 is 5.32 Å². The first kappa shape index (κ1) is 14.0. The molecule has 0 radical (unpaired) electrons. The van der Waals surface area contributed by atoms with E-state index in [-0.39, 0.29) is 0 Å². The summed E-state index contributed by atoms with van der Waals surface area (Å²) in [6, 6.07) is 2.29. The molecule has 0 aliphatic carbocycles. The van der Waals surface area contributed by atoms with E-state index in [9.17, 15) is 0 Å². The monoisotopic (exact) mass is 226 g/mol. The molecule has 1 N–H and O–H groups in total. The molecule has 0 aromatic heterocycles. The van der Waals surface area contributed by atoms with Gasteiger partial charge in [0.2, 0.25) is 0 Å². The van der Waals surface area contributed by atoms with Crippen molar-refractivity contribution in [2.24, 2.45) is 0 Å². The number of likely N-dealkylation sites (tertiary alicyclic amines) is 1. The van der Waals surface area contributed by atoms with Gasteiger partial charge in [-0.3, -0.25) is 4.90 Å². The molecule has 0 amide bonds. The van der Waals surface area contributed by atoms with Crippen LogP contribution in [0.15, 0.2) is 0 Å². The lowest BCUT2D eigenvalue weighted by Gasteiger charge is -2.39. The predicted molar refractivity (Wildman–Crippen MR) is 71.9 cm³/mol. The summed E-state index contributed by atoms with van der Waals surface area (Å²) in [4.78, 5) is 2.71. The lowest BCUT2D eigenvalue weighted by molar-refractivity contribution is 0.100. The number of hydrogen-bond acceptors (Lipinski definition) is 2. The summed E-state index contributed by atoms with van der Waals surface area (Å²) < 4.78 is 0. The molecule has 1 fully saturated rings. The Morgan fingerprint density at radius 2 is 1.88 bits per heavy atom. The highest BCUT2D eigenvalue weighted by Crippen LogP contribution is 2.22. The van der Waals surface area contributed by atoms with Crippen LogP contribution in [0.2, 0.25) is 0 Å². The van der Waals surface area contributed by atoms with Crippen molar-refractivity contribution in [2.75, 3.05) is 13.1 Å². The van der Waals surface area contributed by atoms with Crippen LogP contribution in [0.4, 0.5) is 0 Å². The van der Waals surface area contributed by atoms with E-state index < -0.39 is 0 Å². The first-order valence-electron chi connectivity index (χ1n) is 7.14. The van der Waals surface area contributed by atoms with Crippen LogP contribution in [0.25, 0.3) is 0 Å². The smallest absolute Gasteiger partial charge is 0.00697 e. The van der Waals surface area contributed by atoms with Crippen molar-refractivity contribution in [2.45, 2.75) is 77.9 Å². The van der Waals surface area contributed by atoms with Gasteiger partial charge in [-0.1, -0.05) is 13.3 Å². The van der Waals surface area contributed by atoms with Crippen molar-refractivity contribution in [1.29, 1.82) is 0 Å². The Bertz CT molecular complexity index is 172. The molecule has 0 spiro atoms. The molecule has 0 aromatic rings. The number of rotatable bonds is 6. The Morgan fingerprint density at radius 1 is 1.25 bits per heavy atom. The van der Waals surface area contributed by atoms with E-state index in [2.05, 4.69) is 37.9 Å². The highest BCUT2D eigenvalue weighted by molar-refractivity contribution is 4.79. The predicted octanol–water partition coefficient (Wildman–Crippen LogP) is 3.03. The first-order chi connectivity index (χ1) is 7.65. The molecule has 3 atom stereocenters. The molecule has 0 aromatic carbocycles. The van der Waals surface area contributed by atoms with Crippen molar-refractivity contribution in [3.63, 3.8) is 0 Å². The van der Waals surface area contributed by atoms with Gasteiger partial charge in [0.15, 0.2) is 0 Å². The molecule has 3 unspecified atom stereocenters. The van der Waals surface area contributed by atoms with E-state index >= 15 is 0 Å².